The standard InChI is InChI=1S/C25H31N5O2.HI/c1-26-25(27-16-19-10-12-22(13-11-19)30-15-5-9-24(30)32)28-17-20-6-2-3-7-21(20)18-29-14-4-8-23(29)31;/h2-3,6-7,10-13H,4-5,8-9,14-18H2,1H3,(H2,26,27,28);1H. The minimum absolute atomic E-state index is 0. The fourth-order valence-corrected chi connectivity index (χ4v) is 4.26. The van der Waals surface area contributed by atoms with Crippen molar-refractivity contribution >= 4 is 47.4 Å². The number of amides is 2. The minimum Gasteiger partial charge on any atom is -0.352 e. The van der Waals surface area contributed by atoms with Crippen molar-refractivity contribution in [3.8, 4) is 0 Å². The second-order valence-electron chi connectivity index (χ2n) is 8.28. The monoisotopic (exact) mass is 561 g/mol. The van der Waals surface area contributed by atoms with Crippen molar-refractivity contribution in [2.75, 3.05) is 25.0 Å². The smallest absolute Gasteiger partial charge is 0.227 e. The topological polar surface area (TPSA) is 77.0 Å². The molecule has 0 saturated carbocycles. The molecule has 2 aromatic carbocycles. The third kappa shape index (κ3) is 6.46. The van der Waals surface area contributed by atoms with Crippen LogP contribution in [-0.4, -0.2) is 42.8 Å². The third-order valence-electron chi connectivity index (χ3n) is 6.10. The highest BCUT2D eigenvalue weighted by Gasteiger charge is 2.22. The van der Waals surface area contributed by atoms with Gasteiger partial charge in [-0.1, -0.05) is 36.4 Å². The van der Waals surface area contributed by atoms with E-state index >= 15 is 0 Å². The highest BCUT2D eigenvalue weighted by molar-refractivity contribution is 14.0. The number of rotatable bonds is 7. The molecule has 0 unspecified atom stereocenters. The first-order valence-corrected chi connectivity index (χ1v) is 11.3. The number of nitrogens with zero attached hydrogens (tertiary/aromatic N) is 3. The summed E-state index contributed by atoms with van der Waals surface area (Å²) < 4.78 is 0. The van der Waals surface area contributed by atoms with Gasteiger partial charge in [-0.25, -0.2) is 0 Å². The summed E-state index contributed by atoms with van der Waals surface area (Å²) in [6.45, 7) is 3.58. The molecular weight excluding hydrogens is 529 g/mol. The average molecular weight is 561 g/mol. The summed E-state index contributed by atoms with van der Waals surface area (Å²) in [5.74, 6) is 1.16. The summed E-state index contributed by atoms with van der Waals surface area (Å²) in [4.78, 5) is 32.0. The molecule has 0 atom stereocenters. The van der Waals surface area contributed by atoms with Gasteiger partial charge >= 0.3 is 0 Å². The summed E-state index contributed by atoms with van der Waals surface area (Å²) in [5, 5.41) is 6.72. The van der Waals surface area contributed by atoms with Crippen LogP contribution in [-0.2, 0) is 29.2 Å². The zero-order valence-corrected chi connectivity index (χ0v) is 21.4. The van der Waals surface area contributed by atoms with Crippen molar-refractivity contribution in [1.82, 2.24) is 15.5 Å². The molecule has 2 aliphatic rings. The average Bonchev–Trinajstić information content (AvgIpc) is 3.43. The largest absolute Gasteiger partial charge is 0.352 e. The minimum atomic E-state index is 0. The number of hydrogen-bond acceptors (Lipinski definition) is 3. The summed E-state index contributed by atoms with van der Waals surface area (Å²) in [6, 6.07) is 16.3. The molecule has 33 heavy (non-hydrogen) atoms. The lowest BCUT2D eigenvalue weighted by Crippen LogP contribution is -2.36. The van der Waals surface area contributed by atoms with Gasteiger partial charge in [0.15, 0.2) is 5.96 Å². The van der Waals surface area contributed by atoms with E-state index in [1.807, 2.05) is 46.2 Å². The van der Waals surface area contributed by atoms with E-state index in [1.165, 1.54) is 0 Å². The number of halogens is 1. The first kappa shape index (κ1) is 25.0. The van der Waals surface area contributed by atoms with Crippen molar-refractivity contribution in [1.29, 1.82) is 0 Å². The molecule has 0 radical (unpaired) electrons. The number of benzene rings is 2. The molecule has 4 rings (SSSR count). The molecule has 0 aliphatic carbocycles. The van der Waals surface area contributed by atoms with Gasteiger partial charge in [-0.05, 0) is 41.7 Å². The molecule has 2 aliphatic heterocycles. The molecule has 2 aromatic rings. The lowest BCUT2D eigenvalue weighted by atomic mass is 10.1. The third-order valence-corrected chi connectivity index (χ3v) is 6.10. The maximum atomic E-state index is 12.0. The molecule has 2 fully saturated rings. The molecule has 2 N–H and O–H groups in total. The lowest BCUT2D eigenvalue weighted by molar-refractivity contribution is -0.128. The zero-order chi connectivity index (χ0) is 22.3. The number of carbonyl (C=O) groups excluding carboxylic acids is 2. The Bertz CT molecular complexity index is 993. The highest BCUT2D eigenvalue weighted by Crippen LogP contribution is 2.21. The van der Waals surface area contributed by atoms with Crippen molar-refractivity contribution in [2.45, 2.75) is 45.3 Å². The van der Waals surface area contributed by atoms with E-state index in [0.717, 1.165) is 54.3 Å². The molecule has 2 heterocycles. The van der Waals surface area contributed by atoms with Crippen molar-refractivity contribution < 1.29 is 9.59 Å². The molecule has 0 aromatic heterocycles. The van der Waals surface area contributed by atoms with Crippen LogP contribution in [0.4, 0.5) is 5.69 Å². The molecule has 0 spiro atoms. The summed E-state index contributed by atoms with van der Waals surface area (Å²) in [6.07, 6.45) is 3.18. The number of likely N-dealkylation sites (tertiary alicyclic amines) is 1. The Kier molecular flexibility index (Phi) is 9.11. The van der Waals surface area contributed by atoms with E-state index < -0.39 is 0 Å². The first-order valence-electron chi connectivity index (χ1n) is 11.3. The second-order valence-corrected chi connectivity index (χ2v) is 8.28. The normalized spacial score (nSPS) is 16.2. The van der Waals surface area contributed by atoms with Crippen molar-refractivity contribution in [3.63, 3.8) is 0 Å². The van der Waals surface area contributed by atoms with E-state index in [2.05, 4.69) is 27.8 Å². The van der Waals surface area contributed by atoms with Gasteiger partial charge in [0.25, 0.3) is 0 Å². The molecule has 2 saturated heterocycles. The van der Waals surface area contributed by atoms with E-state index in [0.29, 0.717) is 32.5 Å². The fourth-order valence-electron chi connectivity index (χ4n) is 4.26. The van der Waals surface area contributed by atoms with E-state index in [9.17, 15) is 9.59 Å². The van der Waals surface area contributed by atoms with Gasteiger partial charge in [0.2, 0.25) is 11.8 Å². The van der Waals surface area contributed by atoms with Crippen LogP contribution in [0.2, 0.25) is 0 Å². The SMILES string of the molecule is CN=C(NCc1ccc(N2CCCC2=O)cc1)NCc1ccccc1CN1CCCC1=O.I. The number of carbonyl (C=O) groups is 2. The fraction of sp³-hybridized carbons (Fsp3) is 0.400. The summed E-state index contributed by atoms with van der Waals surface area (Å²) >= 11 is 0. The maximum absolute atomic E-state index is 12.0. The van der Waals surface area contributed by atoms with Crippen molar-refractivity contribution in [3.05, 3.63) is 65.2 Å². The maximum Gasteiger partial charge on any atom is 0.227 e. The second kappa shape index (κ2) is 12.0. The first-order chi connectivity index (χ1) is 15.6. The van der Waals surface area contributed by atoms with E-state index in [4.69, 9.17) is 0 Å². The van der Waals surface area contributed by atoms with Crippen LogP contribution in [0.1, 0.15) is 42.4 Å². The predicted octanol–water partition coefficient (Wildman–Crippen LogP) is 3.42. The zero-order valence-electron chi connectivity index (χ0n) is 19.0. The van der Waals surface area contributed by atoms with Crippen LogP contribution in [0.5, 0.6) is 0 Å². The molecule has 2 amide bonds. The van der Waals surface area contributed by atoms with Gasteiger partial charge < -0.3 is 20.4 Å². The Hall–Kier alpha value is -2.62. The number of hydrogen-bond donors (Lipinski definition) is 2. The highest BCUT2D eigenvalue weighted by atomic mass is 127. The number of aliphatic imine (C=N–C) groups is 1. The van der Waals surface area contributed by atoms with Gasteiger partial charge in [-0.3, -0.25) is 14.6 Å². The molecule has 0 bridgehead atoms. The summed E-state index contributed by atoms with van der Waals surface area (Å²) in [5.41, 5.74) is 4.41. The summed E-state index contributed by atoms with van der Waals surface area (Å²) in [7, 11) is 1.76. The Morgan fingerprint density at radius 3 is 2.18 bits per heavy atom. The van der Waals surface area contributed by atoms with Gasteiger partial charge in [-0.15, -0.1) is 24.0 Å². The Balaban J connectivity index is 0.00000306. The van der Waals surface area contributed by atoms with Gasteiger partial charge in [0.05, 0.1) is 0 Å². The lowest BCUT2D eigenvalue weighted by Gasteiger charge is -2.19. The van der Waals surface area contributed by atoms with Crippen LogP contribution in [0.15, 0.2) is 53.5 Å². The van der Waals surface area contributed by atoms with E-state index in [1.54, 1.807) is 7.05 Å². The molecule has 8 heteroatoms. The Morgan fingerprint density at radius 2 is 1.55 bits per heavy atom. The van der Waals surface area contributed by atoms with Crippen LogP contribution in [0, 0.1) is 0 Å². The quantitative estimate of drug-likeness (QED) is 0.309. The van der Waals surface area contributed by atoms with E-state index in [-0.39, 0.29) is 35.8 Å². The van der Waals surface area contributed by atoms with Gasteiger partial charge in [0, 0.05) is 58.3 Å². The Morgan fingerprint density at radius 1 is 0.879 bits per heavy atom. The number of guanidine groups is 1. The predicted molar refractivity (Wildman–Crippen MR) is 142 cm³/mol. The number of anilines is 1. The van der Waals surface area contributed by atoms with Crippen LogP contribution < -0.4 is 15.5 Å². The van der Waals surface area contributed by atoms with Gasteiger partial charge in [-0.2, -0.15) is 0 Å². The van der Waals surface area contributed by atoms with Crippen LogP contribution >= 0.6 is 24.0 Å². The van der Waals surface area contributed by atoms with Crippen LogP contribution in [0.25, 0.3) is 0 Å². The molecule has 7 nitrogen and oxygen atoms in total. The number of nitrogens with one attached hydrogen (secondary N) is 2. The molecule has 176 valence electrons. The van der Waals surface area contributed by atoms with Crippen LogP contribution in [0.3, 0.4) is 0 Å². The van der Waals surface area contributed by atoms with Gasteiger partial charge in [0.1, 0.15) is 0 Å². The Labute approximate surface area is 212 Å². The molecular formula is C25H32IN5O2. The van der Waals surface area contributed by atoms with Crippen molar-refractivity contribution in [2.24, 2.45) is 4.99 Å².